The number of carbonyl (C=O) groups is 2. The van der Waals surface area contributed by atoms with Crippen LogP contribution >= 0.6 is 11.6 Å². The summed E-state index contributed by atoms with van der Waals surface area (Å²) in [5.74, 6) is 0.872. The van der Waals surface area contributed by atoms with Crippen molar-refractivity contribution in [2.45, 2.75) is 45.4 Å². The summed E-state index contributed by atoms with van der Waals surface area (Å²) in [6.07, 6.45) is 1.23. The number of sulfonamides is 1. The van der Waals surface area contributed by atoms with Gasteiger partial charge in [0.15, 0.2) is 11.5 Å². The van der Waals surface area contributed by atoms with Gasteiger partial charge in [-0.1, -0.05) is 35.9 Å². The molecule has 43 heavy (non-hydrogen) atoms. The lowest BCUT2D eigenvalue weighted by atomic mass is 9.86. The number of nitrogens with zero attached hydrogens (tertiary/aromatic N) is 3. The van der Waals surface area contributed by atoms with Crippen molar-refractivity contribution in [2.75, 3.05) is 37.9 Å². The number of benzene rings is 3. The Kier molecular flexibility index (Phi) is 8.74. The van der Waals surface area contributed by atoms with Crippen LogP contribution in [-0.2, 0) is 26.0 Å². The Bertz CT molecular complexity index is 1630. The van der Waals surface area contributed by atoms with E-state index in [9.17, 15) is 18.0 Å². The summed E-state index contributed by atoms with van der Waals surface area (Å²) < 4.78 is 36.7. The predicted octanol–water partition coefficient (Wildman–Crippen LogP) is 4.98. The Labute approximate surface area is 258 Å². The number of fused-ring (bicyclic) bond motifs is 1. The molecule has 5 rings (SSSR count). The number of carbonyl (C=O) groups excluding carboxylic acids is 2. The Balaban J connectivity index is 1.50. The predicted molar refractivity (Wildman–Crippen MR) is 166 cm³/mol. The van der Waals surface area contributed by atoms with E-state index in [1.165, 1.54) is 4.31 Å². The zero-order valence-electron chi connectivity index (χ0n) is 24.9. The summed E-state index contributed by atoms with van der Waals surface area (Å²) in [5, 5.41) is 0.599. The second-order valence-electron chi connectivity index (χ2n) is 11.2. The molecule has 2 atom stereocenters. The van der Waals surface area contributed by atoms with Gasteiger partial charge in [-0.15, -0.1) is 0 Å². The summed E-state index contributed by atoms with van der Waals surface area (Å²) >= 11 is 6.23. The molecular formula is C32H36ClN3O6S. The van der Waals surface area contributed by atoms with Crippen molar-refractivity contribution in [3.05, 3.63) is 87.9 Å². The Hall–Kier alpha value is -3.60. The maximum absolute atomic E-state index is 13.8. The van der Waals surface area contributed by atoms with E-state index in [2.05, 4.69) is 0 Å². The van der Waals surface area contributed by atoms with Crippen LogP contribution in [0.25, 0.3) is 0 Å². The standard InChI is InChI=1S/C32H36ClN3O6S/c1-20(2)42-29-18-27-24(16-28(29)41-4)17-30(37)36(32(27)23-6-10-25(33)11-7-23)26-12-8-22(9-13-26)21(3)35-15-14-34(19-31(35)38)43(5,39)40/h6-13,16,18,20-21,32H,14-15,17,19H2,1-5H3/t21-,32-/m0/s1. The van der Waals surface area contributed by atoms with Crippen LogP contribution in [0, 0.1) is 0 Å². The van der Waals surface area contributed by atoms with Crippen LogP contribution < -0.4 is 14.4 Å². The first-order valence-electron chi connectivity index (χ1n) is 14.2. The van der Waals surface area contributed by atoms with E-state index in [4.69, 9.17) is 21.1 Å². The molecule has 3 aromatic carbocycles. The third-order valence-corrected chi connectivity index (χ3v) is 9.45. The van der Waals surface area contributed by atoms with Crippen molar-refractivity contribution < 1.29 is 27.5 Å². The molecular weight excluding hydrogens is 590 g/mol. The highest BCUT2D eigenvalue weighted by atomic mass is 35.5. The largest absolute Gasteiger partial charge is 0.493 e. The zero-order chi connectivity index (χ0) is 31.1. The molecule has 0 bridgehead atoms. The first-order chi connectivity index (χ1) is 20.4. The van der Waals surface area contributed by atoms with Gasteiger partial charge in [0.05, 0.1) is 44.5 Å². The van der Waals surface area contributed by atoms with E-state index in [0.717, 1.165) is 28.5 Å². The first-order valence-corrected chi connectivity index (χ1v) is 16.4. The van der Waals surface area contributed by atoms with Crippen molar-refractivity contribution in [1.29, 1.82) is 0 Å². The van der Waals surface area contributed by atoms with E-state index in [1.807, 2.05) is 81.4 Å². The number of halogens is 1. The van der Waals surface area contributed by atoms with Crippen LogP contribution in [0.5, 0.6) is 11.5 Å². The van der Waals surface area contributed by atoms with Gasteiger partial charge in [0.1, 0.15) is 0 Å². The third kappa shape index (κ3) is 6.37. The van der Waals surface area contributed by atoms with E-state index in [-0.39, 0.29) is 43.5 Å². The SMILES string of the molecule is COc1cc2c(cc1OC(C)C)[C@H](c1ccc(Cl)cc1)N(c1ccc([C@H](C)N3CCN(S(C)(=O)=O)CC3=O)cc1)C(=O)C2. The highest BCUT2D eigenvalue weighted by molar-refractivity contribution is 7.88. The molecule has 0 spiro atoms. The molecule has 3 aromatic rings. The normalized spacial score (nSPS) is 18.5. The van der Waals surface area contributed by atoms with E-state index in [1.54, 1.807) is 16.9 Å². The lowest BCUT2D eigenvalue weighted by molar-refractivity contribution is -0.136. The van der Waals surface area contributed by atoms with Crippen LogP contribution in [0.3, 0.4) is 0 Å². The fraction of sp³-hybridized carbons (Fsp3) is 0.375. The molecule has 2 heterocycles. The molecule has 228 valence electrons. The summed E-state index contributed by atoms with van der Waals surface area (Å²) in [5.41, 5.74) is 4.29. The molecule has 0 radical (unpaired) electrons. The van der Waals surface area contributed by atoms with Crippen LogP contribution in [0.4, 0.5) is 5.69 Å². The maximum Gasteiger partial charge on any atom is 0.238 e. The Morgan fingerprint density at radius 2 is 1.58 bits per heavy atom. The number of hydrogen-bond donors (Lipinski definition) is 0. The number of hydrogen-bond acceptors (Lipinski definition) is 6. The average molecular weight is 626 g/mol. The summed E-state index contributed by atoms with van der Waals surface area (Å²) in [6, 6.07) is 18.2. The van der Waals surface area contributed by atoms with Crippen molar-refractivity contribution in [1.82, 2.24) is 9.21 Å². The highest BCUT2D eigenvalue weighted by Crippen LogP contribution is 2.44. The maximum atomic E-state index is 13.8. The van der Waals surface area contributed by atoms with Gasteiger partial charge in [-0.25, -0.2) is 8.42 Å². The minimum absolute atomic E-state index is 0.0695. The lowest BCUT2D eigenvalue weighted by Gasteiger charge is -2.39. The van der Waals surface area contributed by atoms with Crippen LogP contribution in [0.15, 0.2) is 60.7 Å². The van der Waals surface area contributed by atoms with Crippen molar-refractivity contribution >= 4 is 39.1 Å². The quantitative estimate of drug-likeness (QED) is 0.350. The lowest BCUT2D eigenvalue weighted by Crippen LogP contribution is -2.52. The van der Waals surface area contributed by atoms with Crippen LogP contribution in [0.1, 0.15) is 55.1 Å². The number of rotatable bonds is 8. The molecule has 1 saturated heterocycles. The van der Waals surface area contributed by atoms with Gasteiger partial charge < -0.3 is 19.3 Å². The number of piperazine rings is 1. The van der Waals surface area contributed by atoms with E-state index < -0.39 is 16.1 Å². The van der Waals surface area contributed by atoms with Crippen LogP contribution in [0.2, 0.25) is 5.02 Å². The summed E-state index contributed by atoms with van der Waals surface area (Å²) in [4.78, 5) is 30.1. The van der Waals surface area contributed by atoms with Crippen molar-refractivity contribution in [2.24, 2.45) is 0 Å². The summed E-state index contributed by atoms with van der Waals surface area (Å²) in [6.45, 7) is 6.22. The molecule has 2 aliphatic heterocycles. The monoisotopic (exact) mass is 625 g/mol. The molecule has 2 amide bonds. The molecule has 1 fully saturated rings. The van der Waals surface area contributed by atoms with Gasteiger partial charge in [-0.2, -0.15) is 4.31 Å². The van der Waals surface area contributed by atoms with Gasteiger partial charge in [-0.05, 0) is 79.4 Å². The molecule has 0 N–H and O–H groups in total. The van der Waals surface area contributed by atoms with Crippen molar-refractivity contribution in [3.8, 4) is 11.5 Å². The van der Waals surface area contributed by atoms with E-state index in [0.29, 0.717) is 28.8 Å². The smallest absolute Gasteiger partial charge is 0.238 e. The molecule has 9 nitrogen and oxygen atoms in total. The number of ether oxygens (including phenoxy) is 2. The molecule has 2 aliphatic rings. The summed E-state index contributed by atoms with van der Waals surface area (Å²) in [7, 11) is -1.85. The number of anilines is 1. The Morgan fingerprint density at radius 3 is 2.16 bits per heavy atom. The fourth-order valence-electron chi connectivity index (χ4n) is 5.78. The molecule has 0 aliphatic carbocycles. The van der Waals surface area contributed by atoms with Crippen molar-refractivity contribution in [3.63, 3.8) is 0 Å². The third-order valence-electron chi connectivity index (χ3n) is 7.95. The number of amides is 2. The molecule has 0 saturated carbocycles. The van der Waals surface area contributed by atoms with Gasteiger partial charge in [0.25, 0.3) is 0 Å². The number of methoxy groups -OCH3 is 1. The van der Waals surface area contributed by atoms with Gasteiger partial charge >= 0.3 is 0 Å². The topological polar surface area (TPSA) is 96.5 Å². The fourth-order valence-corrected chi connectivity index (χ4v) is 6.66. The van der Waals surface area contributed by atoms with Gasteiger partial charge in [0.2, 0.25) is 21.8 Å². The zero-order valence-corrected chi connectivity index (χ0v) is 26.5. The minimum atomic E-state index is -3.43. The second kappa shape index (κ2) is 12.2. The minimum Gasteiger partial charge on any atom is -0.493 e. The first kappa shape index (κ1) is 30.8. The van der Waals surface area contributed by atoms with Crippen LogP contribution in [-0.4, -0.2) is 68.5 Å². The molecule has 0 unspecified atom stereocenters. The van der Waals surface area contributed by atoms with Gasteiger partial charge in [0, 0.05) is 23.8 Å². The van der Waals surface area contributed by atoms with Gasteiger partial charge in [-0.3, -0.25) is 9.59 Å². The molecule has 11 heteroatoms. The second-order valence-corrected chi connectivity index (χ2v) is 13.6. The average Bonchev–Trinajstić information content (AvgIpc) is 2.96. The van der Waals surface area contributed by atoms with E-state index >= 15 is 0 Å². The molecule has 0 aromatic heterocycles. The highest BCUT2D eigenvalue weighted by Gasteiger charge is 2.37. The Morgan fingerprint density at radius 1 is 0.907 bits per heavy atom.